The number of carbonyl (C=O) groups is 2. The highest BCUT2D eigenvalue weighted by Gasteiger charge is 2.15. The van der Waals surface area contributed by atoms with Gasteiger partial charge in [0.15, 0.2) is 0 Å². The molecule has 3 rings (SSSR count). The minimum Gasteiger partial charge on any atom is -0.468 e. The molecule has 6 nitrogen and oxygen atoms in total. The van der Waals surface area contributed by atoms with E-state index in [1.54, 1.807) is 12.1 Å². The second-order valence-electron chi connectivity index (χ2n) is 6.50. The molecule has 29 heavy (non-hydrogen) atoms. The van der Waals surface area contributed by atoms with E-state index in [4.69, 9.17) is 4.74 Å². The minimum absolute atomic E-state index is 0.131. The Kier molecular flexibility index (Phi) is 6.58. The summed E-state index contributed by atoms with van der Waals surface area (Å²) in [4.78, 5) is 37.1. The summed E-state index contributed by atoms with van der Waals surface area (Å²) in [6.07, 6.45) is 0.825. The first-order valence-corrected chi connectivity index (χ1v) is 9.28. The summed E-state index contributed by atoms with van der Waals surface area (Å²) in [5.74, 6) is -0.806. The maximum atomic E-state index is 13.0. The predicted molar refractivity (Wildman–Crippen MR) is 112 cm³/mol. The van der Waals surface area contributed by atoms with Crippen molar-refractivity contribution in [1.82, 2.24) is 4.57 Å². The van der Waals surface area contributed by atoms with E-state index in [1.807, 2.05) is 60.7 Å². The van der Waals surface area contributed by atoms with Gasteiger partial charge in [-0.1, -0.05) is 60.7 Å². The van der Waals surface area contributed by atoms with Crippen molar-refractivity contribution in [2.24, 2.45) is 0 Å². The third kappa shape index (κ3) is 5.19. The second kappa shape index (κ2) is 9.50. The van der Waals surface area contributed by atoms with Crippen molar-refractivity contribution in [3.8, 4) is 11.3 Å². The Balaban J connectivity index is 1.84. The van der Waals surface area contributed by atoms with Crippen molar-refractivity contribution in [2.75, 3.05) is 12.4 Å². The highest BCUT2D eigenvalue weighted by molar-refractivity contribution is 5.90. The minimum atomic E-state index is -0.545. The van der Waals surface area contributed by atoms with Crippen LogP contribution < -0.4 is 10.9 Å². The lowest BCUT2D eigenvalue weighted by Gasteiger charge is -2.14. The van der Waals surface area contributed by atoms with Gasteiger partial charge in [-0.15, -0.1) is 0 Å². The number of amides is 1. The Labute approximate surface area is 168 Å². The number of hydrogen-bond donors (Lipinski definition) is 1. The van der Waals surface area contributed by atoms with Crippen molar-refractivity contribution in [3.05, 3.63) is 88.7 Å². The van der Waals surface area contributed by atoms with E-state index in [2.05, 4.69) is 5.32 Å². The summed E-state index contributed by atoms with van der Waals surface area (Å²) in [5, 5.41) is 2.67. The molecule has 3 aromatic rings. The van der Waals surface area contributed by atoms with Gasteiger partial charge in [0.1, 0.15) is 12.2 Å². The number of pyridine rings is 1. The molecular formula is C23H22N2O4. The molecule has 0 unspecified atom stereocenters. The number of hydrogen-bond acceptors (Lipinski definition) is 4. The van der Waals surface area contributed by atoms with Crippen LogP contribution in [0.2, 0.25) is 0 Å². The summed E-state index contributed by atoms with van der Waals surface area (Å²) in [6.45, 7) is -0.243. The third-order valence-corrected chi connectivity index (χ3v) is 4.52. The fourth-order valence-electron chi connectivity index (χ4n) is 3.00. The molecular weight excluding hydrogens is 368 g/mol. The van der Waals surface area contributed by atoms with E-state index in [0.717, 1.165) is 11.1 Å². The molecule has 6 heteroatoms. The number of rotatable bonds is 7. The van der Waals surface area contributed by atoms with Crippen LogP contribution in [0.15, 0.2) is 77.6 Å². The summed E-state index contributed by atoms with van der Waals surface area (Å²) in [6, 6.07) is 22.2. The van der Waals surface area contributed by atoms with E-state index >= 15 is 0 Å². The molecule has 0 saturated carbocycles. The normalized spacial score (nSPS) is 10.4. The second-order valence-corrected chi connectivity index (χ2v) is 6.50. The van der Waals surface area contributed by atoms with Crippen LogP contribution in [0.25, 0.3) is 11.3 Å². The average Bonchev–Trinajstić information content (AvgIpc) is 2.76. The van der Waals surface area contributed by atoms with Gasteiger partial charge in [0, 0.05) is 6.42 Å². The van der Waals surface area contributed by atoms with E-state index in [1.165, 1.54) is 11.7 Å². The summed E-state index contributed by atoms with van der Waals surface area (Å²) >= 11 is 0. The average molecular weight is 390 g/mol. The van der Waals surface area contributed by atoms with Gasteiger partial charge in [-0.25, -0.2) is 0 Å². The molecule has 1 aromatic heterocycles. The van der Waals surface area contributed by atoms with Crippen molar-refractivity contribution < 1.29 is 14.3 Å². The van der Waals surface area contributed by atoms with Crippen LogP contribution in [0.3, 0.4) is 0 Å². The van der Waals surface area contributed by atoms with Gasteiger partial charge in [0.05, 0.1) is 12.8 Å². The van der Waals surface area contributed by atoms with E-state index < -0.39 is 11.5 Å². The molecule has 1 heterocycles. The number of carbonyl (C=O) groups excluding carboxylic acids is 2. The van der Waals surface area contributed by atoms with E-state index in [0.29, 0.717) is 12.1 Å². The quantitative estimate of drug-likeness (QED) is 0.628. The number of nitrogens with zero attached hydrogens (tertiary/aromatic N) is 1. The van der Waals surface area contributed by atoms with Gasteiger partial charge in [0.2, 0.25) is 5.91 Å². The zero-order chi connectivity index (χ0) is 20.6. The molecule has 1 amide bonds. The SMILES string of the molecule is COC(=O)Cn1c(-c2ccccc2)ccc(NC(=O)CCc2ccccc2)c1=O. The number of nitrogens with one attached hydrogen (secondary N) is 1. The Hall–Kier alpha value is -3.67. The van der Waals surface area contributed by atoms with Gasteiger partial charge >= 0.3 is 5.97 Å². The van der Waals surface area contributed by atoms with Crippen LogP contribution in [0, 0.1) is 0 Å². The van der Waals surface area contributed by atoms with Crippen molar-refractivity contribution in [3.63, 3.8) is 0 Å². The molecule has 0 fully saturated rings. The highest BCUT2D eigenvalue weighted by atomic mass is 16.5. The van der Waals surface area contributed by atoms with Gasteiger partial charge < -0.3 is 10.1 Å². The molecule has 0 bridgehead atoms. The maximum absolute atomic E-state index is 13.0. The van der Waals surface area contributed by atoms with Gasteiger partial charge in [0.25, 0.3) is 5.56 Å². The van der Waals surface area contributed by atoms with E-state index in [-0.39, 0.29) is 24.6 Å². The fourth-order valence-corrected chi connectivity index (χ4v) is 3.00. The van der Waals surface area contributed by atoms with Crippen LogP contribution in [-0.2, 0) is 27.3 Å². The molecule has 0 saturated heterocycles. The van der Waals surface area contributed by atoms with Crippen molar-refractivity contribution in [2.45, 2.75) is 19.4 Å². The summed E-state index contributed by atoms with van der Waals surface area (Å²) < 4.78 is 6.04. The Morgan fingerprint density at radius 1 is 0.931 bits per heavy atom. The topological polar surface area (TPSA) is 77.4 Å². The lowest BCUT2D eigenvalue weighted by molar-refractivity contribution is -0.141. The molecule has 0 atom stereocenters. The van der Waals surface area contributed by atoms with E-state index in [9.17, 15) is 14.4 Å². The molecule has 0 aliphatic rings. The van der Waals surface area contributed by atoms with Gasteiger partial charge in [-0.3, -0.25) is 19.0 Å². The molecule has 1 N–H and O–H groups in total. The number of methoxy groups -OCH3 is 1. The van der Waals surface area contributed by atoms with Crippen molar-refractivity contribution >= 4 is 17.6 Å². The molecule has 0 spiro atoms. The van der Waals surface area contributed by atoms with Crippen molar-refractivity contribution in [1.29, 1.82) is 0 Å². The fraction of sp³-hybridized carbons (Fsp3) is 0.174. The van der Waals surface area contributed by atoms with Gasteiger partial charge in [-0.2, -0.15) is 0 Å². The third-order valence-electron chi connectivity index (χ3n) is 4.52. The predicted octanol–water partition coefficient (Wildman–Crippen LogP) is 3.26. The largest absolute Gasteiger partial charge is 0.468 e. The number of anilines is 1. The molecule has 148 valence electrons. The Bertz CT molecular complexity index is 1040. The van der Waals surface area contributed by atoms with Crippen LogP contribution in [-0.4, -0.2) is 23.6 Å². The maximum Gasteiger partial charge on any atom is 0.325 e. The molecule has 2 aromatic carbocycles. The lowest BCUT2D eigenvalue weighted by atomic mass is 10.1. The van der Waals surface area contributed by atoms with Gasteiger partial charge in [-0.05, 0) is 29.7 Å². The first kappa shape index (κ1) is 20.1. The zero-order valence-corrected chi connectivity index (χ0v) is 16.1. The standard InChI is InChI=1S/C23H22N2O4/c1-29-22(27)16-25-20(18-10-6-3-7-11-18)14-13-19(23(25)28)24-21(26)15-12-17-8-4-2-5-9-17/h2-11,13-14H,12,15-16H2,1H3,(H,24,26). The van der Waals surface area contributed by atoms with Crippen LogP contribution in [0.4, 0.5) is 5.69 Å². The Morgan fingerprint density at radius 2 is 1.59 bits per heavy atom. The number of aromatic nitrogens is 1. The lowest BCUT2D eigenvalue weighted by Crippen LogP contribution is -2.29. The first-order chi connectivity index (χ1) is 14.1. The number of benzene rings is 2. The van der Waals surface area contributed by atoms with Crippen LogP contribution >= 0.6 is 0 Å². The molecule has 0 aliphatic heterocycles. The summed E-state index contributed by atoms with van der Waals surface area (Å²) in [5.41, 5.74) is 2.08. The first-order valence-electron chi connectivity index (χ1n) is 9.28. The van der Waals surface area contributed by atoms with Crippen LogP contribution in [0.1, 0.15) is 12.0 Å². The number of ether oxygens (including phenoxy) is 1. The molecule has 0 radical (unpaired) electrons. The highest BCUT2D eigenvalue weighted by Crippen LogP contribution is 2.19. The zero-order valence-electron chi connectivity index (χ0n) is 16.1. The smallest absolute Gasteiger partial charge is 0.325 e. The van der Waals surface area contributed by atoms with Crippen LogP contribution in [0.5, 0.6) is 0 Å². The Morgan fingerprint density at radius 3 is 2.24 bits per heavy atom. The number of aryl methyl sites for hydroxylation is 1. The summed E-state index contributed by atoms with van der Waals surface area (Å²) in [7, 11) is 1.27. The molecule has 0 aliphatic carbocycles. The number of esters is 1. The monoisotopic (exact) mass is 390 g/mol.